The largest absolute Gasteiger partial charge is 0.477 e. The van der Waals surface area contributed by atoms with Gasteiger partial charge in [-0.15, -0.1) is 0 Å². The average Bonchev–Trinajstić information content (AvgIpc) is 2.62. The first-order valence-corrected chi connectivity index (χ1v) is 7.79. The molecule has 0 aromatic carbocycles. The summed E-state index contributed by atoms with van der Waals surface area (Å²) in [4.78, 5) is 23.3. The minimum absolute atomic E-state index is 0.0690. The molecule has 7 heteroatoms. The molecule has 0 atom stereocenters. The molecule has 0 aliphatic rings. The van der Waals surface area contributed by atoms with Crippen LogP contribution in [0.4, 0.5) is 8.78 Å². The van der Waals surface area contributed by atoms with Gasteiger partial charge in [0, 0.05) is 17.7 Å². The van der Waals surface area contributed by atoms with Crippen molar-refractivity contribution in [3.05, 3.63) is 77.5 Å². The fourth-order valence-electron chi connectivity index (χ4n) is 2.56. The van der Waals surface area contributed by atoms with Gasteiger partial charge in [0.2, 0.25) is 5.95 Å². The standard InChI is InChI=1S/C19H15F2N3O2/c1-19(2,16-8-4-6-14(24-16)18(25)26)15-7-3-5-13(23-15)11-10-22-17(21)9-12(11)20/h3-10H,1-2H3,(H,25,26). The number of carboxylic acids is 1. The predicted octanol–water partition coefficient (Wildman–Crippen LogP) is 3.84. The molecule has 3 rings (SSSR count). The Bertz CT molecular complexity index is 990. The molecule has 0 spiro atoms. The molecule has 0 amide bonds. The SMILES string of the molecule is CC(C)(c1cccc(C(=O)O)n1)c1cccc(-c2cnc(F)cc2F)n1. The lowest BCUT2D eigenvalue weighted by molar-refractivity contribution is 0.0690. The molecule has 0 fully saturated rings. The molecular formula is C19H15F2N3O2. The monoisotopic (exact) mass is 355 g/mol. The Morgan fingerprint density at radius 2 is 1.69 bits per heavy atom. The molecule has 0 aliphatic heterocycles. The third-order valence-corrected chi connectivity index (χ3v) is 4.09. The summed E-state index contributed by atoms with van der Waals surface area (Å²) >= 11 is 0. The van der Waals surface area contributed by atoms with Crippen LogP contribution in [0.5, 0.6) is 0 Å². The molecule has 26 heavy (non-hydrogen) atoms. The van der Waals surface area contributed by atoms with Crippen molar-refractivity contribution in [1.82, 2.24) is 15.0 Å². The van der Waals surface area contributed by atoms with Crippen molar-refractivity contribution in [2.75, 3.05) is 0 Å². The number of carbonyl (C=O) groups is 1. The van der Waals surface area contributed by atoms with Crippen molar-refractivity contribution in [3.8, 4) is 11.3 Å². The predicted molar refractivity (Wildman–Crippen MR) is 90.7 cm³/mol. The van der Waals surface area contributed by atoms with Gasteiger partial charge in [-0.05, 0) is 38.1 Å². The van der Waals surface area contributed by atoms with Crippen LogP contribution in [0, 0.1) is 11.8 Å². The number of halogens is 2. The topological polar surface area (TPSA) is 76.0 Å². The molecular weight excluding hydrogens is 340 g/mol. The number of pyridine rings is 3. The smallest absolute Gasteiger partial charge is 0.354 e. The van der Waals surface area contributed by atoms with Crippen molar-refractivity contribution in [1.29, 1.82) is 0 Å². The molecule has 0 saturated heterocycles. The highest BCUT2D eigenvalue weighted by Gasteiger charge is 2.27. The number of carboxylic acid groups (broad SMARTS) is 1. The molecule has 3 aromatic rings. The summed E-state index contributed by atoms with van der Waals surface area (Å²) in [6, 6.07) is 10.5. The molecule has 3 aromatic heterocycles. The Kier molecular flexibility index (Phi) is 4.46. The van der Waals surface area contributed by atoms with E-state index in [0.717, 1.165) is 6.20 Å². The molecule has 0 radical (unpaired) electrons. The maximum atomic E-state index is 14.0. The van der Waals surface area contributed by atoms with E-state index in [9.17, 15) is 13.6 Å². The average molecular weight is 355 g/mol. The van der Waals surface area contributed by atoms with Gasteiger partial charge in [-0.3, -0.25) is 4.98 Å². The first kappa shape index (κ1) is 17.6. The quantitative estimate of drug-likeness (QED) is 0.720. The first-order valence-electron chi connectivity index (χ1n) is 7.79. The van der Waals surface area contributed by atoms with E-state index in [1.807, 2.05) is 13.8 Å². The third-order valence-electron chi connectivity index (χ3n) is 4.09. The van der Waals surface area contributed by atoms with Gasteiger partial charge in [0.05, 0.1) is 22.6 Å². The van der Waals surface area contributed by atoms with Gasteiger partial charge in [0.1, 0.15) is 11.5 Å². The van der Waals surface area contributed by atoms with Crippen LogP contribution in [0.2, 0.25) is 0 Å². The number of nitrogens with zero attached hydrogens (tertiary/aromatic N) is 3. The summed E-state index contributed by atoms with van der Waals surface area (Å²) < 4.78 is 27.1. The van der Waals surface area contributed by atoms with Crippen molar-refractivity contribution in [2.45, 2.75) is 19.3 Å². The van der Waals surface area contributed by atoms with Crippen LogP contribution in [0.15, 0.2) is 48.7 Å². The molecule has 3 heterocycles. The number of rotatable bonds is 4. The van der Waals surface area contributed by atoms with Gasteiger partial charge in [0.15, 0.2) is 0 Å². The van der Waals surface area contributed by atoms with E-state index in [1.165, 1.54) is 6.07 Å². The minimum Gasteiger partial charge on any atom is -0.477 e. The number of hydrogen-bond acceptors (Lipinski definition) is 4. The Balaban J connectivity index is 2.06. The van der Waals surface area contributed by atoms with Crippen molar-refractivity contribution in [2.24, 2.45) is 0 Å². The van der Waals surface area contributed by atoms with Crippen LogP contribution in [0.3, 0.4) is 0 Å². The second-order valence-corrected chi connectivity index (χ2v) is 6.23. The van der Waals surface area contributed by atoms with Crippen LogP contribution >= 0.6 is 0 Å². The zero-order valence-electron chi connectivity index (χ0n) is 14.1. The van der Waals surface area contributed by atoms with Crippen LogP contribution < -0.4 is 0 Å². The molecule has 0 saturated carbocycles. The number of aromatic carboxylic acids is 1. The Morgan fingerprint density at radius 1 is 1.04 bits per heavy atom. The fourth-order valence-corrected chi connectivity index (χ4v) is 2.56. The van der Waals surface area contributed by atoms with E-state index < -0.39 is 23.1 Å². The van der Waals surface area contributed by atoms with Crippen LogP contribution in [-0.4, -0.2) is 26.0 Å². The summed E-state index contributed by atoms with van der Waals surface area (Å²) in [7, 11) is 0. The van der Waals surface area contributed by atoms with Gasteiger partial charge in [-0.25, -0.2) is 19.2 Å². The highest BCUT2D eigenvalue weighted by molar-refractivity contribution is 5.85. The van der Waals surface area contributed by atoms with Gasteiger partial charge < -0.3 is 5.11 Å². The fraction of sp³-hybridized carbons (Fsp3) is 0.158. The second-order valence-electron chi connectivity index (χ2n) is 6.23. The third kappa shape index (κ3) is 3.28. The number of hydrogen-bond donors (Lipinski definition) is 1. The van der Waals surface area contributed by atoms with Crippen LogP contribution in [0.1, 0.15) is 35.7 Å². The molecule has 0 unspecified atom stereocenters. The molecule has 0 aliphatic carbocycles. The zero-order valence-corrected chi connectivity index (χ0v) is 14.1. The summed E-state index contributed by atoms with van der Waals surface area (Å²) in [6.07, 6.45) is 1.09. The van der Waals surface area contributed by atoms with E-state index in [1.54, 1.807) is 30.3 Å². The molecule has 5 nitrogen and oxygen atoms in total. The lowest BCUT2D eigenvalue weighted by Gasteiger charge is -2.24. The lowest BCUT2D eigenvalue weighted by atomic mass is 9.84. The summed E-state index contributed by atoms with van der Waals surface area (Å²) in [6.45, 7) is 3.68. The van der Waals surface area contributed by atoms with Gasteiger partial charge in [0.25, 0.3) is 0 Å². The van der Waals surface area contributed by atoms with E-state index in [2.05, 4.69) is 15.0 Å². The molecule has 0 bridgehead atoms. The molecule has 132 valence electrons. The van der Waals surface area contributed by atoms with Crippen LogP contribution in [-0.2, 0) is 5.41 Å². The lowest BCUT2D eigenvalue weighted by Crippen LogP contribution is -2.23. The Hall–Kier alpha value is -3.22. The Labute approximate surface area is 148 Å². The molecule has 1 N–H and O–H groups in total. The van der Waals surface area contributed by atoms with Crippen molar-refractivity contribution >= 4 is 5.97 Å². The van der Waals surface area contributed by atoms with E-state index >= 15 is 0 Å². The summed E-state index contributed by atoms with van der Waals surface area (Å²) in [5, 5.41) is 9.13. The van der Waals surface area contributed by atoms with Gasteiger partial charge >= 0.3 is 5.97 Å². The van der Waals surface area contributed by atoms with E-state index in [0.29, 0.717) is 23.1 Å². The second kappa shape index (κ2) is 6.59. The first-order chi connectivity index (χ1) is 12.3. The maximum Gasteiger partial charge on any atom is 0.354 e. The highest BCUT2D eigenvalue weighted by atomic mass is 19.1. The minimum atomic E-state index is -1.12. The van der Waals surface area contributed by atoms with Crippen LogP contribution in [0.25, 0.3) is 11.3 Å². The van der Waals surface area contributed by atoms with E-state index in [4.69, 9.17) is 5.11 Å². The highest BCUT2D eigenvalue weighted by Crippen LogP contribution is 2.31. The van der Waals surface area contributed by atoms with Crippen molar-refractivity contribution < 1.29 is 18.7 Å². The maximum absolute atomic E-state index is 14.0. The summed E-state index contributed by atoms with van der Waals surface area (Å²) in [5.74, 6) is -2.79. The zero-order chi connectivity index (χ0) is 18.9. The summed E-state index contributed by atoms with van der Waals surface area (Å²) in [5.41, 5.74) is 0.658. The van der Waals surface area contributed by atoms with Gasteiger partial charge in [-0.1, -0.05) is 12.1 Å². The normalized spacial score (nSPS) is 11.4. The van der Waals surface area contributed by atoms with Gasteiger partial charge in [-0.2, -0.15) is 4.39 Å². The van der Waals surface area contributed by atoms with Crippen molar-refractivity contribution in [3.63, 3.8) is 0 Å². The van der Waals surface area contributed by atoms with E-state index in [-0.39, 0.29) is 11.3 Å². The Morgan fingerprint density at radius 3 is 2.35 bits per heavy atom. The number of aromatic nitrogens is 3.